The monoisotopic (exact) mass is 1380 g/mol. The molecule has 0 aliphatic heterocycles. The molecule has 0 saturated carbocycles. The van der Waals surface area contributed by atoms with Crippen molar-refractivity contribution in [2.24, 2.45) is 35.2 Å². The number of pyridine rings is 5. The van der Waals surface area contributed by atoms with Gasteiger partial charge in [0.15, 0.2) is 0 Å². The Hall–Kier alpha value is -10.8. The second kappa shape index (κ2) is 31.3. The molecule has 105 heavy (non-hydrogen) atoms. The molecule has 5 heterocycles. The maximum Gasteiger partial charge on any atom is 0.213 e. The molecule has 10 aromatic carbocycles. The van der Waals surface area contributed by atoms with Crippen LogP contribution in [0.25, 0.3) is 111 Å². The van der Waals surface area contributed by atoms with Gasteiger partial charge in [-0.3, -0.25) is 0 Å². The molecule has 15 rings (SSSR count). The minimum Gasteiger partial charge on any atom is -0.194 e. The maximum absolute atomic E-state index is 2.33. The second-order valence-corrected chi connectivity index (χ2v) is 30.4. The molecule has 0 aliphatic rings. The minimum absolute atomic E-state index is 1.27. The summed E-state index contributed by atoms with van der Waals surface area (Å²) in [6, 6.07) is 77.8. The van der Waals surface area contributed by atoms with E-state index in [-0.39, 0.29) is 0 Å². The lowest BCUT2D eigenvalue weighted by Crippen LogP contribution is -2.32. The van der Waals surface area contributed by atoms with Gasteiger partial charge in [0, 0.05) is 110 Å². The van der Waals surface area contributed by atoms with E-state index in [0.717, 1.165) is 0 Å². The number of hydrogen-bond acceptors (Lipinski definition) is 0. The summed E-state index contributed by atoms with van der Waals surface area (Å²) in [5, 5.41) is 6.72. The van der Waals surface area contributed by atoms with E-state index in [9.17, 15) is 0 Å². The predicted octanol–water partition coefficient (Wildman–Crippen LogP) is 22.8. The summed E-state index contributed by atoms with van der Waals surface area (Å²) < 4.78 is 11.6. The van der Waals surface area contributed by atoms with E-state index in [2.05, 4.69) is 409 Å². The molecule has 0 bridgehead atoms. The van der Waals surface area contributed by atoms with E-state index >= 15 is 0 Å². The van der Waals surface area contributed by atoms with Gasteiger partial charge in [-0.2, -0.15) is 22.8 Å². The lowest BCUT2D eigenvalue weighted by molar-refractivity contribution is -0.633. The smallest absolute Gasteiger partial charge is 0.194 e. The summed E-state index contributed by atoms with van der Waals surface area (Å²) in [6.45, 7) is 43.7. The number of hydrogen-bond donors (Lipinski definition) is 0. The lowest BCUT2D eigenvalue weighted by atomic mass is 9.95. The van der Waals surface area contributed by atoms with Crippen LogP contribution in [0.5, 0.6) is 0 Å². The minimum atomic E-state index is 1.27. The Kier molecular flexibility index (Phi) is 22.5. The van der Waals surface area contributed by atoms with Crippen molar-refractivity contribution in [2.75, 3.05) is 0 Å². The standard InChI is InChI=1S/2C21H24N.C20H22N.2C19H20N/c1-13-7-8-20-18(10-13)16(4)12-21(22(20)6)19-11-14(2)9-15(3)17(19)5;1-13-10-15(3)17(5)18(11-13)20-12-16(4)21-14(2)8-7-9-19(21)22(20)6;1-13-6-8-15(3)17(10-13)20-12-16(4)18-11-14(2)7-9-19(18)21(20)5;1-13-9-10-18-17(11-13)15(3)12-19(20(18)4)16-8-6-5-7-14(16)2;1-13-9-10-17-15(3)12-19(20(4)18(17)11-13)16-8-6-5-7-14(16)2/h2*7-12H,1-6H3;6-12H,1-5H3;2*5-12H,1-4H3/q5*+1. The van der Waals surface area contributed by atoms with Gasteiger partial charge in [0.2, 0.25) is 56.1 Å². The average Bonchev–Trinajstić information content (AvgIpc) is 0.786. The molecular formula is C100H110N5+5. The third kappa shape index (κ3) is 15.7. The van der Waals surface area contributed by atoms with Gasteiger partial charge in [-0.25, -0.2) is 0 Å². The number of aryl methyl sites for hydroxylation is 23. The molecule has 0 aliphatic carbocycles. The highest BCUT2D eigenvalue weighted by Crippen LogP contribution is 2.34. The van der Waals surface area contributed by atoms with Crippen LogP contribution in [0.4, 0.5) is 0 Å². The predicted molar refractivity (Wildman–Crippen MR) is 448 cm³/mol. The third-order valence-corrected chi connectivity index (χ3v) is 22.0. The Bertz CT molecular complexity index is 5900. The van der Waals surface area contributed by atoms with E-state index in [4.69, 9.17) is 0 Å². The van der Waals surface area contributed by atoms with Gasteiger partial charge in [-0.15, -0.1) is 0 Å². The van der Waals surface area contributed by atoms with Crippen LogP contribution < -0.4 is 22.8 Å². The van der Waals surface area contributed by atoms with Crippen LogP contribution in [0.3, 0.4) is 0 Å². The summed E-state index contributed by atoms with van der Waals surface area (Å²) in [5.74, 6) is 0. The summed E-state index contributed by atoms with van der Waals surface area (Å²) in [4.78, 5) is 0. The van der Waals surface area contributed by atoms with Crippen LogP contribution in [0.1, 0.15) is 111 Å². The zero-order valence-electron chi connectivity index (χ0n) is 67.4. The fourth-order valence-electron chi connectivity index (χ4n) is 15.6. The highest BCUT2D eigenvalue weighted by Gasteiger charge is 2.25. The highest BCUT2D eigenvalue weighted by atomic mass is 15.0. The third-order valence-electron chi connectivity index (χ3n) is 22.0. The Morgan fingerprint density at radius 2 is 0.486 bits per heavy atom. The Morgan fingerprint density at radius 1 is 0.171 bits per heavy atom. The van der Waals surface area contributed by atoms with Gasteiger partial charge in [0.1, 0.15) is 35.2 Å². The summed E-state index contributed by atoms with van der Waals surface area (Å²) >= 11 is 0. The second-order valence-electron chi connectivity index (χ2n) is 30.4. The number of fused-ring (bicyclic) bond motifs is 5. The van der Waals surface area contributed by atoms with Gasteiger partial charge in [0.25, 0.3) is 0 Å². The first-order valence-corrected chi connectivity index (χ1v) is 37.3. The van der Waals surface area contributed by atoms with Gasteiger partial charge in [-0.05, 0) is 271 Å². The molecule has 0 unspecified atom stereocenters. The van der Waals surface area contributed by atoms with Gasteiger partial charge >= 0.3 is 0 Å². The fourth-order valence-corrected chi connectivity index (χ4v) is 15.6. The van der Waals surface area contributed by atoms with Crippen molar-refractivity contribution in [3.05, 3.63) is 324 Å². The quantitative estimate of drug-likeness (QED) is 0.153. The zero-order chi connectivity index (χ0) is 75.7. The lowest BCUT2D eigenvalue weighted by Gasteiger charge is -2.12. The summed E-state index contributed by atoms with van der Waals surface area (Å²) in [7, 11) is 10.8. The van der Waals surface area contributed by atoms with Gasteiger partial charge in [0.05, 0.1) is 5.39 Å². The topological polar surface area (TPSA) is 19.4 Å². The molecule has 0 amide bonds. The van der Waals surface area contributed by atoms with Crippen molar-refractivity contribution < 1.29 is 22.8 Å². The molecule has 5 heteroatoms. The van der Waals surface area contributed by atoms with E-state index < -0.39 is 0 Å². The normalized spacial score (nSPS) is 11.1. The van der Waals surface area contributed by atoms with Crippen LogP contribution in [-0.2, 0) is 35.2 Å². The van der Waals surface area contributed by atoms with Crippen molar-refractivity contribution in [2.45, 2.75) is 138 Å². The average molecular weight is 1380 g/mol. The van der Waals surface area contributed by atoms with Gasteiger partial charge < -0.3 is 0 Å². The molecule has 0 N–H and O–H groups in total. The molecular weight excluding hydrogens is 1270 g/mol. The number of nitrogens with zero attached hydrogens (tertiary/aromatic N) is 5. The Labute approximate surface area is 627 Å². The van der Waals surface area contributed by atoms with E-state index in [1.807, 2.05) is 0 Å². The van der Waals surface area contributed by atoms with Crippen LogP contribution in [0.2, 0.25) is 0 Å². The van der Waals surface area contributed by atoms with Crippen molar-refractivity contribution in [3.63, 3.8) is 0 Å². The number of benzene rings is 10. The fraction of sp³-hybridized carbons (Fsp3) is 0.250. The van der Waals surface area contributed by atoms with Crippen LogP contribution in [0.15, 0.2) is 212 Å². The molecule has 15 aromatic rings. The Balaban J connectivity index is 0.000000131. The number of aromatic nitrogens is 5. The molecule has 0 atom stereocenters. The first kappa shape index (κ1) is 75.4. The summed E-state index contributed by atoms with van der Waals surface area (Å²) in [5.41, 5.74) is 46.1. The molecule has 0 saturated heterocycles. The van der Waals surface area contributed by atoms with Crippen molar-refractivity contribution in [3.8, 4) is 56.3 Å². The Morgan fingerprint density at radius 3 is 0.924 bits per heavy atom. The largest absolute Gasteiger partial charge is 0.213 e. The zero-order valence-corrected chi connectivity index (χ0v) is 67.4. The first-order chi connectivity index (χ1) is 49.9. The van der Waals surface area contributed by atoms with Crippen molar-refractivity contribution in [1.29, 1.82) is 0 Å². The first-order valence-electron chi connectivity index (χ1n) is 37.3. The molecule has 0 fully saturated rings. The molecule has 530 valence electrons. The van der Waals surface area contributed by atoms with Crippen LogP contribution in [-0.4, -0.2) is 0 Å². The van der Waals surface area contributed by atoms with E-state index in [0.29, 0.717) is 0 Å². The van der Waals surface area contributed by atoms with E-state index in [1.54, 1.807) is 0 Å². The maximum atomic E-state index is 2.33. The van der Waals surface area contributed by atoms with Crippen molar-refractivity contribution >= 4 is 54.5 Å². The SMILES string of the molecule is Cc1cc(C)c(C)c(-c2cc(C)c3c(C)cccc3[n+]2C)c1.Cc1cc(C)c(C)c(-c2cc(C)c3cc(C)ccc3[n+]2C)c1.Cc1ccc(C)c(-c2cc(C)c3cc(C)ccc3[n+]2C)c1.Cc1ccc2c(C)cc(-c3ccccc3C)[n+](C)c2c1.Cc1ccc2c(c1)c(C)cc(-c1ccccc1C)[n+]2C. The molecule has 0 spiro atoms. The van der Waals surface area contributed by atoms with Crippen LogP contribution in [0, 0.1) is 138 Å². The highest BCUT2D eigenvalue weighted by molar-refractivity contribution is 5.87. The van der Waals surface area contributed by atoms with Gasteiger partial charge in [-0.1, -0.05) is 130 Å². The van der Waals surface area contributed by atoms with Crippen molar-refractivity contribution in [1.82, 2.24) is 0 Å². The molecule has 5 aromatic heterocycles. The summed E-state index contributed by atoms with van der Waals surface area (Å²) in [6.07, 6.45) is 0. The van der Waals surface area contributed by atoms with E-state index in [1.165, 1.54) is 222 Å². The van der Waals surface area contributed by atoms with Crippen LogP contribution >= 0.6 is 0 Å². The number of rotatable bonds is 5. The molecule has 0 radical (unpaired) electrons. The molecule has 5 nitrogen and oxygen atoms in total.